The fourth-order valence-electron chi connectivity index (χ4n) is 3.04. The number of para-hydroxylation sites is 1. The zero-order chi connectivity index (χ0) is 13.8. The van der Waals surface area contributed by atoms with E-state index in [1.807, 2.05) is 6.07 Å². The summed E-state index contributed by atoms with van der Waals surface area (Å²) < 4.78 is 0. The van der Waals surface area contributed by atoms with Gasteiger partial charge in [-0.1, -0.05) is 37.6 Å². The third-order valence-corrected chi connectivity index (χ3v) is 4.19. The van der Waals surface area contributed by atoms with Crippen LogP contribution in [-0.2, 0) is 6.54 Å². The predicted molar refractivity (Wildman–Crippen MR) is 84.0 cm³/mol. The molecule has 0 saturated carbocycles. The van der Waals surface area contributed by atoms with Gasteiger partial charge in [-0.2, -0.15) is 0 Å². The number of rotatable bonds is 5. The zero-order valence-corrected chi connectivity index (χ0v) is 13.0. The van der Waals surface area contributed by atoms with Gasteiger partial charge in [-0.15, -0.1) is 0 Å². The first-order chi connectivity index (χ1) is 9.13. The van der Waals surface area contributed by atoms with Crippen molar-refractivity contribution in [1.29, 1.82) is 0 Å². The van der Waals surface area contributed by atoms with Crippen molar-refractivity contribution in [3.8, 4) is 0 Å². The summed E-state index contributed by atoms with van der Waals surface area (Å²) in [6, 6.07) is 6.84. The highest BCUT2D eigenvalue weighted by atomic mass is 35.5. The topological polar surface area (TPSA) is 15.3 Å². The van der Waals surface area contributed by atoms with Crippen LogP contribution in [0.4, 0.5) is 5.69 Å². The van der Waals surface area contributed by atoms with E-state index in [1.54, 1.807) is 0 Å². The molecule has 106 valence electrons. The second-order valence-electron chi connectivity index (χ2n) is 5.77. The molecule has 1 aromatic rings. The predicted octanol–water partition coefficient (Wildman–Crippen LogP) is 4.07. The molecule has 1 saturated heterocycles. The Bertz CT molecular complexity index is 419. The molecule has 0 spiro atoms. The van der Waals surface area contributed by atoms with Crippen molar-refractivity contribution in [2.75, 3.05) is 18.0 Å². The highest BCUT2D eigenvalue weighted by Crippen LogP contribution is 2.36. The molecular weight excluding hydrogens is 256 g/mol. The first-order valence-corrected chi connectivity index (χ1v) is 7.76. The van der Waals surface area contributed by atoms with Crippen molar-refractivity contribution < 1.29 is 0 Å². The van der Waals surface area contributed by atoms with Crippen LogP contribution in [0.5, 0.6) is 0 Å². The van der Waals surface area contributed by atoms with Crippen LogP contribution in [0.25, 0.3) is 0 Å². The van der Waals surface area contributed by atoms with Gasteiger partial charge < -0.3 is 10.2 Å². The lowest BCUT2D eigenvalue weighted by atomic mass is 10.1. The molecule has 2 atom stereocenters. The Morgan fingerprint density at radius 3 is 2.79 bits per heavy atom. The van der Waals surface area contributed by atoms with Crippen LogP contribution in [0.3, 0.4) is 0 Å². The first kappa shape index (κ1) is 14.7. The van der Waals surface area contributed by atoms with Crippen molar-refractivity contribution in [1.82, 2.24) is 5.32 Å². The Balaban J connectivity index is 2.22. The molecule has 0 radical (unpaired) electrons. The Hall–Kier alpha value is -0.730. The van der Waals surface area contributed by atoms with E-state index in [4.69, 9.17) is 11.6 Å². The molecule has 2 rings (SSSR count). The second-order valence-corrected chi connectivity index (χ2v) is 6.17. The van der Waals surface area contributed by atoms with Gasteiger partial charge >= 0.3 is 0 Å². The van der Waals surface area contributed by atoms with E-state index in [2.05, 4.69) is 43.1 Å². The lowest BCUT2D eigenvalue weighted by Crippen LogP contribution is -2.29. The van der Waals surface area contributed by atoms with Crippen LogP contribution < -0.4 is 10.2 Å². The second kappa shape index (κ2) is 6.62. The number of nitrogens with one attached hydrogen (secondary N) is 1. The van der Waals surface area contributed by atoms with Crippen molar-refractivity contribution in [3.05, 3.63) is 28.8 Å². The summed E-state index contributed by atoms with van der Waals surface area (Å²) in [6.07, 6.45) is 2.42. The van der Waals surface area contributed by atoms with Crippen LogP contribution in [0.1, 0.15) is 39.2 Å². The maximum absolute atomic E-state index is 6.47. The fourth-order valence-corrected chi connectivity index (χ4v) is 3.34. The lowest BCUT2D eigenvalue weighted by molar-refractivity contribution is 0.625. The molecule has 1 heterocycles. The van der Waals surface area contributed by atoms with Crippen LogP contribution in [-0.4, -0.2) is 19.1 Å². The summed E-state index contributed by atoms with van der Waals surface area (Å²) in [7, 11) is 0. The molecule has 2 unspecified atom stereocenters. The van der Waals surface area contributed by atoms with Gasteiger partial charge in [0, 0.05) is 19.1 Å². The lowest BCUT2D eigenvalue weighted by Gasteiger charge is -2.28. The Kier molecular flexibility index (Phi) is 5.12. The first-order valence-electron chi connectivity index (χ1n) is 7.38. The van der Waals surface area contributed by atoms with E-state index in [1.165, 1.54) is 17.7 Å². The monoisotopic (exact) mass is 280 g/mol. The van der Waals surface area contributed by atoms with Gasteiger partial charge in [-0.25, -0.2) is 0 Å². The molecule has 3 heteroatoms. The van der Waals surface area contributed by atoms with Crippen LogP contribution in [0.15, 0.2) is 18.2 Å². The fraction of sp³-hybridized carbons (Fsp3) is 0.625. The van der Waals surface area contributed by atoms with Crippen LogP contribution in [0, 0.1) is 5.92 Å². The average molecular weight is 281 g/mol. The van der Waals surface area contributed by atoms with E-state index in [0.29, 0.717) is 6.04 Å². The van der Waals surface area contributed by atoms with Gasteiger partial charge in [-0.05, 0) is 43.9 Å². The molecule has 19 heavy (non-hydrogen) atoms. The van der Waals surface area contributed by atoms with Crippen LogP contribution >= 0.6 is 11.6 Å². The van der Waals surface area contributed by atoms with Gasteiger partial charge in [0.2, 0.25) is 0 Å². The third kappa shape index (κ3) is 3.43. The van der Waals surface area contributed by atoms with Crippen molar-refractivity contribution >= 4 is 17.3 Å². The van der Waals surface area contributed by atoms with Crippen molar-refractivity contribution in [2.45, 2.75) is 46.2 Å². The zero-order valence-electron chi connectivity index (χ0n) is 12.2. The van der Waals surface area contributed by atoms with E-state index in [0.717, 1.165) is 37.0 Å². The number of nitrogens with zero attached hydrogens (tertiary/aromatic N) is 1. The minimum Gasteiger partial charge on any atom is -0.367 e. The standard InChI is InChI=1S/C16H25ClN2/c1-4-8-18-10-14-6-5-7-15(17)16(14)19-11-12(2)9-13(19)3/h5-7,12-13,18H,4,8-11H2,1-3H3. The molecule has 2 nitrogen and oxygen atoms in total. The van der Waals surface area contributed by atoms with Gasteiger partial charge in [0.15, 0.2) is 0 Å². The Morgan fingerprint density at radius 2 is 2.16 bits per heavy atom. The summed E-state index contributed by atoms with van der Waals surface area (Å²) in [4.78, 5) is 2.48. The van der Waals surface area contributed by atoms with Crippen molar-refractivity contribution in [3.63, 3.8) is 0 Å². The number of halogens is 1. The largest absolute Gasteiger partial charge is 0.367 e. The van der Waals surface area contributed by atoms with E-state index < -0.39 is 0 Å². The summed E-state index contributed by atoms with van der Waals surface area (Å²) in [5.41, 5.74) is 2.56. The van der Waals surface area contributed by atoms with Gasteiger partial charge in [0.1, 0.15) is 0 Å². The number of benzene rings is 1. The molecular formula is C16H25ClN2. The number of hydrogen-bond acceptors (Lipinski definition) is 2. The molecule has 0 aromatic heterocycles. The normalized spacial score (nSPS) is 23.1. The summed E-state index contributed by atoms with van der Waals surface area (Å²) >= 11 is 6.47. The highest BCUT2D eigenvalue weighted by Gasteiger charge is 2.28. The minimum absolute atomic E-state index is 0.583. The molecule has 1 aliphatic heterocycles. The quantitative estimate of drug-likeness (QED) is 0.818. The van der Waals surface area contributed by atoms with E-state index in [9.17, 15) is 0 Å². The van der Waals surface area contributed by atoms with Gasteiger partial charge in [0.25, 0.3) is 0 Å². The maximum atomic E-state index is 6.47. The molecule has 0 aliphatic carbocycles. The average Bonchev–Trinajstić information content (AvgIpc) is 2.69. The summed E-state index contributed by atoms with van der Waals surface area (Å²) in [5, 5.41) is 4.37. The molecule has 0 bridgehead atoms. The highest BCUT2D eigenvalue weighted by molar-refractivity contribution is 6.33. The summed E-state index contributed by atoms with van der Waals surface area (Å²) in [6.45, 7) is 9.89. The molecule has 1 aromatic carbocycles. The van der Waals surface area contributed by atoms with Gasteiger partial charge in [-0.3, -0.25) is 0 Å². The SMILES string of the molecule is CCCNCc1cccc(Cl)c1N1CC(C)CC1C. The van der Waals surface area contributed by atoms with E-state index >= 15 is 0 Å². The molecule has 1 aliphatic rings. The summed E-state index contributed by atoms with van der Waals surface area (Å²) in [5.74, 6) is 0.753. The minimum atomic E-state index is 0.583. The van der Waals surface area contributed by atoms with E-state index in [-0.39, 0.29) is 0 Å². The molecule has 0 amide bonds. The third-order valence-electron chi connectivity index (χ3n) is 3.88. The smallest absolute Gasteiger partial charge is 0.0643 e. The molecule has 1 N–H and O–H groups in total. The molecule has 1 fully saturated rings. The van der Waals surface area contributed by atoms with Crippen molar-refractivity contribution in [2.24, 2.45) is 5.92 Å². The number of anilines is 1. The van der Waals surface area contributed by atoms with Gasteiger partial charge in [0.05, 0.1) is 10.7 Å². The Labute approximate surface area is 122 Å². The number of hydrogen-bond donors (Lipinski definition) is 1. The maximum Gasteiger partial charge on any atom is 0.0643 e. The Morgan fingerprint density at radius 1 is 1.37 bits per heavy atom. The van der Waals surface area contributed by atoms with Crippen LogP contribution in [0.2, 0.25) is 5.02 Å².